The number of hydrogen-bond acceptors (Lipinski definition) is 5. The summed E-state index contributed by atoms with van der Waals surface area (Å²) in [6.45, 7) is 3.63. The Morgan fingerprint density at radius 3 is 2.40 bits per heavy atom. The van der Waals surface area contributed by atoms with Crippen LogP contribution in [-0.2, 0) is 9.53 Å². The van der Waals surface area contributed by atoms with Crippen LogP contribution < -0.4 is 15.8 Å². The standard InChI is InChI=1S/C14H20N2O4/c1-8(2)12(14(18)20-4)16-13(17)9-6-5-7-10(19-3)11(9)15/h5-8,12H,15H2,1-4H3,(H,16,17). The maximum atomic E-state index is 12.2. The molecule has 1 atom stereocenters. The third-order valence-electron chi connectivity index (χ3n) is 2.94. The van der Waals surface area contributed by atoms with E-state index in [2.05, 4.69) is 10.1 Å². The monoisotopic (exact) mass is 280 g/mol. The summed E-state index contributed by atoms with van der Waals surface area (Å²) in [5.41, 5.74) is 6.35. The maximum Gasteiger partial charge on any atom is 0.328 e. The van der Waals surface area contributed by atoms with Gasteiger partial charge in [-0.1, -0.05) is 19.9 Å². The number of amides is 1. The Balaban J connectivity index is 2.98. The summed E-state index contributed by atoms with van der Waals surface area (Å²) in [6, 6.07) is 4.17. The highest BCUT2D eigenvalue weighted by Gasteiger charge is 2.26. The van der Waals surface area contributed by atoms with Crippen molar-refractivity contribution < 1.29 is 19.1 Å². The molecule has 1 aromatic rings. The second-order valence-corrected chi connectivity index (χ2v) is 4.64. The first kappa shape index (κ1) is 15.8. The number of carbonyl (C=O) groups is 2. The summed E-state index contributed by atoms with van der Waals surface area (Å²) in [4.78, 5) is 23.8. The fraction of sp³-hybridized carbons (Fsp3) is 0.429. The van der Waals surface area contributed by atoms with Crippen LogP contribution in [0.2, 0.25) is 0 Å². The van der Waals surface area contributed by atoms with Crippen molar-refractivity contribution in [1.29, 1.82) is 0 Å². The van der Waals surface area contributed by atoms with Crippen LogP contribution in [0.3, 0.4) is 0 Å². The van der Waals surface area contributed by atoms with Crippen molar-refractivity contribution in [2.45, 2.75) is 19.9 Å². The number of hydrogen-bond donors (Lipinski definition) is 2. The quantitative estimate of drug-likeness (QED) is 0.625. The predicted octanol–water partition coefficient (Wildman–Crippen LogP) is 1.20. The first-order valence-corrected chi connectivity index (χ1v) is 6.23. The molecule has 1 unspecified atom stereocenters. The Morgan fingerprint density at radius 2 is 1.90 bits per heavy atom. The Labute approximate surface area is 118 Å². The number of nitrogens with two attached hydrogens (primary N) is 1. The Kier molecular flexibility index (Phi) is 5.37. The fourth-order valence-electron chi connectivity index (χ4n) is 1.76. The molecule has 6 nitrogen and oxygen atoms in total. The van der Waals surface area contributed by atoms with Gasteiger partial charge < -0.3 is 20.5 Å². The van der Waals surface area contributed by atoms with E-state index >= 15 is 0 Å². The number of nitrogen functional groups attached to an aromatic ring is 1. The van der Waals surface area contributed by atoms with Crippen LogP contribution in [0.1, 0.15) is 24.2 Å². The molecule has 6 heteroatoms. The van der Waals surface area contributed by atoms with Crippen molar-refractivity contribution in [3.63, 3.8) is 0 Å². The minimum absolute atomic E-state index is 0.0989. The van der Waals surface area contributed by atoms with Crippen molar-refractivity contribution in [3.05, 3.63) is 23.8 Å². The van der Waals surface area contributed by atoms with E-state index < -0.39 is 17.9 Å². The largest absolute Gasteiger partial charge is 0.495 e. The van der Waals surface area contributed by atoms with E-state index in [0.29, 0.717) is 5.75 Å². The lowest BCUT2D eigenvalue weighted by Gasteiger charge is -2.20. The van der Waals surface area contributed by atoms with Crippen molar-refractivity contribution in [2.75, 3.05) is 20.0 Å². The van der Waals surface area contributed by atoms with Gasteiger partial charge in [0.05, 0.1) is 25.5 Å². The molecule has 1 aromatic carbocycles. The highest BCUT2D eigenvalue weighted by Crippen LogP contribution is 2.24. The lowest BCUT2D eigenvalue weighted by atomic mass is 10.0. The molecule has 0 fully saturated rings. The Hall–Kier alpha value is -2.24. The van der Waals surface area contributed by atoms with Crippen LogP contribution >= 0.6 is 0 Å². The van der Waals surface area contributed by atoms with Crippen LogP contribution in [0.25, 0.3) is 0 Å². The van der Waals surface area contributed by atoms with Gasteiger partial charge in [-0.3, -0.25) is 4.79 Å². The zero-order valence-electron chi connectivity index (χ0n) is 12.1. The van der Waals surface area contributed by atoms with E-state index in [1.165, 1.54) is 14.2 Å². The van der Waals surface area contributed by atoms with E-state index in [1.807, 2.05) is 13.8 Å². The zero-order valence-corrected chi connectivity index (χ0v) is 12.1. The van der Waals surface area contributed by atoms with Gasteiger partial charge in [0.1, 0.15) is 11.8 Å². The molecule has 0 bridgehead atoms. The summed E-state index contributed by atoms with van der Waals surface area (Å²) >= 11 is 0. The summed E-state index contributed by atoms with van der Waals surface area (Å²) in [6.07, 6.45) is 0. The molecule has 110 valence electrons. The minimum atomic E-state index is -0.724. The summed E-state index contributed by atoms with van der Waals surface area (Å²) in [7, 11) is 2.75. The first-order chi connectivity index (χ1) is 9.42. The minimum Gasteiger partial charge on any atom is -0.495 e. The van der Waals surface area contributed by atoms with Gasteiger partial charge >= 0.3 is 5.97 Å². The van der Waals surface area contributed by atoms with Crippen LogP contribution in [0.4, 0.5) is 5.69 Å². The summed E-state index contributed by atoms with van der Waals surface area (Å²) in [5.74, 6) is -0.615. The molecule has 1 rings (SSSR count). The number of ether oxygens (including phenoxy) is 2. The molecule has 0 saturated carbocycles. The van der Waals surface area contributed by atoms with Gasteiger partial charge in [-0.05, 0) is 18.1 Å². The van der Waals surface area contributed by atoms with Crippen molar-refractivity contribution >= 4 is 17.6 Å². The molecule has 0 aromatic heterocycles. The molecule has 20 heavy (non-hydrogen) atoms. The average Bonchev–Trinajstić information content (AvgIpc) is 2.43. The molecule has 0 saturated heterocycles. The molecule has 0 aliphatic carbocycles. The summed E-state index contributed by atoms with van der Waals surface area (Å²) in [5, 5.41) is 2.63. The fourth-order valence-corrected chi connectivity index (χ4v) is 1.76. The number of benzene rings is 1. The molecule has 1 amide bonds. The van der Waals surface area contributed by atoms with Crippen LogP contribution in [0.15, 0.2) is 18.2 Å². The van der Waals surface area contributed by atoms with E-state index in [1.54, 1.807) is 18.2 Å². The van der Waals surface area contributed by atoms with E-state index in [4.69, 9.17) is 10.5 Å². The molecular formula is C14H20N2O4. The van der Waals surface area contributed by atoms with Gasteiger partial charge in [-0.15, -0.1) is 0 Å². The van der Waals surface area contributed by atoms with Gasteiger partial charge in [-0.2, -0.15) is 0 Å². The molecule has 3 N–H and O–H groups in total. The number of carbonyl (C=O) groups excluding carboxylic acids is 2. The SMILES string of the molecule is COC(=O)C(NC(=O)c1cccc(OC)c1N)C(C)C. The second-order valence-electron chi connectivity index (χ2n) is 4.64. The molecule has 0 heterocycles. The van der Waals surface area contributed by atoms with Gasteiger partial charge in [0, 0.05) is 0 Å². The third-order valence-corrected chi connectivity index (χ3v) is 2.94. The number of methoxy groups -OCH3 is 2. The first-order valence-electron chi connectivity index (χ1n) is 6.23. The van der Waals surface area contributed by atoms with Crippen molar-refractivity contribution in [1.82, 2.24) is 5.32 Å². The average molecular weight is 280 g/mol. The molecular weight excluding hydrogens is 260 g/mol. The molecule has 0 aliphatic heterocycles. The lowest BCUT2D eigenvalue weighted by Crippen LogP contribution is -2.45. The predicted molar refractivity (Wildman–Crippen MR) is 75.5 cm³/mol. The lowest BCUT2D eigenvalue weighted by molar-refractivity contribution is -0.144. The van der Waals surface area contributed by atoms with Gasteiger partial charge in [0.2, 0.25) is 0 Å². The Bertz CT molecular complexity index is 500. The van der Waals surface area contributed by atoms with Gasteiger partial charge in [0.15, 0.2) is 0 Å². The zero-order chi connectivity index (χ0) is 15.3. The number of para-hydroxylation sites is 1. The third kappa shape index (κ3) is 3.40. The van der Waals surface area contributed by atoms with E-state index in [0.717, 1.165) is 0 Å². The number of nitrogens with one attached hydrogen (secondary N) is 1. The maximum absolute atomic E-state index is 12.2. The second kappa shape index (κ2) is 6.79. The Morgan fingerprint density at radius 1 is 1.25 bits per heavy atom. The van der Waals surface area contributed by atoms with Crippen LogP contribution in [0.5, 0.6) is 5.75 Å². The summed E-state index contributed by atoms with van der Waals surface area (Å²) < 4.78 is 9.74. The topological polar surface area (TPSA) is 90.6 Å². The molecule has 0 spiro atoms. The van der Waals surface area contributed by atoms with E-state index in [9.17, 15) is 9.59 Å². The smallest absolute Gasteiger partial charge is 0.328 e. The highest BCUT2D eigenvalue weighted by molar-refractivity contribution is 6.02. The molecule has 0 radical (unpaired) electrons. The highest BCUT2D eigenvalue weighted by atomic mass is 16.5. The normalized spacial score (nSPS) is 11.8. The van der Waals surface area contributed by atoms with Crippen LogP contribution in [0, 0.1) is 5.92 Å². The van der Waals surface area contributed by atoms with Gasteiger partial charge in [0.25, 0.3) is 5.91 Å². The number of rotatable bonds is 5. The molecule has 0 aliphatic rings. The van der Waals surface area contributed by atoms with Crippen molar-refractivity contribution in [2.24, 2.45) is 5.92 Å². The van der Waals surface area contributed by atoms with Crippen LogP contribution in [-0.4, -0.2) is 32.1 Å². The van der Waals surface area contributed by atoms with Gasteiger partial charge in [-0.25, -0.2) is 4.79 Å². The van der Waals surface area contributed by atoms with Crippen molar-refractivity contribution in [3.8, 4) is 5.75 Å². The van der Waals surface area contributed by atoms with E-state index in [-0.39, 0.29) is 17.2 Å². The number of esters is 1. The number of anilines is 1.